The van der Waals surface area contributed by atoms with Gasteiger partial charge in [0.15, 0.2) is 0 Å². The molecule has 0 fully saturated rings. The molecule has 0 saturated heterocycles. The lowest BCUT2D eigenvalue weighted by atomic mass is 9.95. The summed E-state index contributed by atoms with van der Waals surface area (Å²) in [4.78, 5) is 12.1. The van der Waals surface area contributed by atoms with Crippen molar-refractivity contribution in [2.24, 2.45) is 5.92 Å². The number of benzene rings is 1. The monoisotopic (exact) mass is 274 g/mol. The lowest BCUT2D eigenvalue weighted by Crippen LogP contribution is -2.47. The molecule has 1 amide bonds. The van der Waals surface area contributed by atoms with Crippen LogP contribution < -0.4 is 10.6 Å². The van der Waals surface area contributed by atoms with E-state index in [4.69, 9.17) is 0 Å². The molecule has 3 nitrogen and oxygen atoms in total. The molecule has 20 heavy (non-hydrogen) atoms. The van der Waals surface area contributed by atoms with Crippen molar-refractivity contribution >= 4 is 5.91 Å². The standard InChI is InChI=1S/C17H26N2O/c1-13(2)7-5-6-10-18-17(20)16-11-14-8-3-4-9-15(14)12-19-16/h3-4,8-9,13,16,19H,5-7,10-12H2,1-2H3,(H,18,20)/t16-/m1/s1. The van der Waals surface area contributed by atoms with E-state index in [-0.39, 0.29) is 11.9 Å². The van der Waals surface area contributed by atoms with Gasteiger partial charge in [-0.15, -0.1) is 0 Å². The summed E-state index contributed by atoms with van der Waals surface area (Å²) in [6.07, 6.45) is 4.31. The Morgan fingerprint density at radius 2 is 2.05 bits per heavy atom. The van der Waals surface area contributed by atoms with Gasteiger partial charge >= 0.3 is 0 Å². The highest BCUT2D eigenvalue weighted by Gasteiger charge is 2.23. The fraction of sp³-hybridized carbons (Fsp3) is 0.588. The van der Waals surface area contributed by atoms with Gasteiger partial charge in [-0.3, -0.25) is 4.79 Å². The Bertz CT molecular complexity index is 442. The minimum Gasteiger partial charge on any atom is -0.355 e. The molecule has 0 radical (unpaired) electrons. The van der Waals surface area contributed by atoms with Gasteiger partial charge in [-0.2, -0.15) is 0 Å². The van der Waals surface area contributed by atoms with Gasteiger partial charge < -0.3 is 10.6 Å². The van der Waals surface area contributed by atoms with Gasteiger partial charge in [0.2, 0.25) is 5.91 Å². The minimum atomic E-state index is -0.0741. The summed E-state index contributed by atoms with van der Waals surface area (Å²) in [7, 11) is 0. The first kappa shape index (κ1) is 15.0. The van der Waals surface area contributed by atoms with Crippen LogP contribution in [-0.4, -0.2) is 18.5 Å². The fourth-order valence-corrected chi connectivity index (χ4v) is 2.65. The Morgan fingerprint density at radius 3 is 2.80 bits per heavy atom. The van der Waals surface area contributed by atoms with E-state index in [1.807, 2.05) is 6.07 Å². The molecule has 1 aliphatic heterocycles. The SMILES string of the molecule is CC(C)CCCCNC(=O)[C@H]1Cc2ccccc2CN1. The summed E-state index contributed by atoms with van der Waals surface area (Å²) >= 11 is 0. The molecule has 0 spiro atoms. The molecule has 1 atom stereocenters. The predicted octanol–water partition coefficient (Wildman–Crippen LogP) is 2.64. The predicted molar refractivity (Wildman–Crippen MR) is 82.5 cm³/mol. The molecule has 2 rings (SSSR count). The molecule has 0 aromatic heterocycles. The van der Waals surface area contributed by atoms with Gasteiger partial charge in [0.05, 0.1) is 6.04 Å². The smallest absolute Gasteiger partial charge is 0.237 e. The van der Waals surface area contributed by atoms with Crippen molar-refractivity contribution in [1.82, 2.24) is 10.6 Å². The van der Waals surface area contributed by atoms with E-state index in [1.165, 1.54) is 24.0 Å². The highest BCUT2D eigenvalue weighted by Crippen LogP contribution is 2.16. The molecule has 3 heteroatoms. The van der Waals surface area contributed by atoms with Crippen molar-refractivity contribution < 1.29 is 4.79 Å². The van der Waals surface area contributed by atoms with Crippen molar-refractivity contribution in [3.63, 3.8) is 0 Å². The summed E-state index contributed by atoms with van der Waals surface area (Å²) in [6, 6.07) is 8.28. The third-order valence-corrected chi connectivity index (χ3v) is 3.91. The summed E-state index contributed by atoms with van der Waals surface area (Å²) in [6.45, 7) is 6.07. The van der Waals surface area contributed by atoms with E-state index in [1.54, 1.807) is 0 Å². The van der Waals surface area contributed by atoms with Gasteiger partial charge in [0, 0.05) is 13.1 Å². The first-order chi connectivity index (χ1) is 9.66. The normalized spacial score (nSPS) is 17.9. The Hall–Kier alpha value is -1.35. The molecule has 1 aromatic carbocycles. The Morgan fingerprint density at radius 1 is 1.30 bits per heavy atom. The van der Waals surface area contributed by atoms with Crippen molar-refractivity contribution in [2.75, 3.05) is 6.54 Å². The number of rotatable bonds is 6. The van der Waals surface area contributed by atoms with E-state index < -0.39 is 0 Å². The number of hydrogen-bond acceptors (Lipinski definition) is 2. The average molecular weight is 274 g/mol. The molecule has 1 heterocycles. The van der Waals surface area contributed by atoms with Crippen LogP contribution >= 0.6 is 0 Å². The van der Waals surface area contributed by atoms with E-state index in [0.717, 1.165) is 31.8 Å². The number of amides is 1. The molecule has 0 bridgehead atoms. The summed E-state index contributed by atoms with van der Waals surface area (Å²) in [5.41, 5.74) is 2.61. The van der Waals surface area contributed by atoms with Gasteiger partial charge in [-0.25, -0.2) is 0 Å². The largest absolute Gasteiger partial charge is 0.355 e. The van der Waals surface area contributed by atoms with Crippen LogP contribution in [0.5, 0.6) is 0 Å². The number of nitrogens with one attached hydrogen (secondary N) is 2. The number of carbonyl (C=O) groups excluding carboxylic acids is 1. The zero-order chi connectivity index (χ0) is 14.4. The quantitative estimate of drug-likeness (QED) is 0.783. The summed E-state index contributed by atoms with van der Waals surface area (Å²) in [5, 5.41) is 6.38. The van der Waals surface area contributed by atoms with Gasteiger partial charge in [0.25, 0.3) is 0 Å². The van der Waals surface area contributed by atoms with Crippen LogP contribution in [0.4, 0.5) is 0 Å². The van der Waals surface area contributed by atoms with Gasteiger partial charge in [-0.05, 0) is 29.9 Å². The minimum absolute atomic E-state index is 0.0741. The van der Waals surface area contributed by atoms with E-state index in [9.17, 15) is 4.79 Å². The zero-order valence-electron chi connectivity index (χ0n) is 12.6. The number of fused-ring (bicyclic) bond motifs is 1. The van der Waals surface area contributed by atoms with Crippen molar-refractivity contribution in [3.05, 3.63) is 35.4 Å². The maximum Gasteiger partial charge on any atom is 0.237 e. The second-order valence-corrected chi connectivity index (χ2v) is 6.09. The van der Waals surface area contributed by atoms with E-state index in [0.29, 0.717) is 0 Å². The van der Waals surface area contributed by atoms with Crippen LogP contribution in [-0.2, 0) is 17.8 Å². The summed E-state index contributed by atoms with van der Waals surface area (Å²) < 4.78 is 0. The van der Waals surface area contributed by atoms with Crippen LogP contribution in [0, 0.1) is 5.92 Å². The molecule has 1 aromatic rings. The molecule has 0 saturated carbocycles. The first-order valence-electron chi connectivity index (χ1n) is 7.74. The average Bonchev–Trinajstić information content (AvgIpc) is 2.46. The second kappa shape index (κ2) is 7.44. The molecule has 1 aliphatic rings. The Balaban J connectivity index is 1.72. The zero-order valence-corrected chi connectivity index (χ0v) is 12.6. The maximum absolute atomic E-state index is 12.1. The Labute approximate surface area is 122 Å². The maximum atomic E-state index is 12.1. The van der Waals surface area contributed by atoms with Crippen LogP contribution in [0.3, 0.4) is 0 Å². The van der Waals surface area contributed by atoms with E-state index >= 15 is 0 Å². The first-order valence-corrected chi connectivity index (χ1v) is 7.74. The lowest BCUT2D eigenvalue weighted by Gasteiger charge is -2.25. The van der Waals surface area contributed by atoms with Crippen molar-refractivity contribution in [1.29, 1.82) is 0 Å². The van der Waals surface area contributed by atoms with Gasteiger partial charge in [0.1, 0.15) is 0 Å². The fourth-order valence-electron chi connectivity index (χ4n) is 2.65. The Kier molecular flexibility index (Phi) is 5.60. The molecule has 0 aliphatic carbocycles. The number of carbonyl (C=O) groups is 1. The third kappa shape index (κ3) is 4.34. The topological polar surface area (TPSA) is 41.1 Å². The van der Waals surface area contributed by atoms with E-state index in [2.05, 4.69) is 42.7 Å². The molecule has 2 N–H and O–H groups in total. The lowest BCUT2D eigenvalue weighted by molar-refractivity contribution is -0.123. The third-order valence-electron chi connectivity index (χ3n) is 3.91. The highest BCUT2D eigenvalue weighted by atomic mass is 16.2. The summed E-state index contributed by atoms with van der Waals surface area (Å²) in [5.74, 6) is 0.895. The number of hydrogen-bond donors (Lipinski definition) is 2. The molecular formula is C17H26N2O. The number of unbranched alkanes of at least 4 members (excludes halogenated alkanes) is 1. The van der Waals surface area contributed by atoms with Gasteiger partial charge in [-0.1, -0.05) is 51.0 Å². The van der Waals surface area contributed by atoms with Crippen molar-refractivity contribution in [2.45, 2.75) is 52.1 Å². The van der Waals surface area contributed by atoms with Crippen LogP contribution in [0.1, 0.15) is 44.2 Å². The van der Waals surface area contributed by atoms with Crippen LogP contribution in [0.25, 0.3) is 0 Å². The molecular weight excluding hydrogens is 248 g/mol. The van der Waals surface area contributed by atoms with Crippen molar-refractivity contribution in [3.8, 4) is 0 Å². The second-order valence-electron chi connectivity index (χ2n) is 6.09. The highest BCUT2D eigenvalue weighted by molar-refractivity contribution is 5.82. The van der Waals surface area contributed by atoms with Crippen LogP contribution in [0.2, 0.25) is 0 Å². The molecule has 0 unspecified atom stereocenters. The van der Waals surface area contributed by atoms with Crippen LogP contribution in [0.15, 0.2) is 24.3 Å². The molecule has 110 valence electrons.